The van der Waals surface area contributed by atoms with E-state index in [4.69, 9.17) is 4.74 Å². The Hall–Kier alpha value is -3.16. The molecule has 2 heterocycles. The number of rotatable bonds is 5. The van der Waals surface area contributed by atoms with Crippen LogP contribution in [0.4, 0.5) is 10.6 Å². The van der Waals surface area contributed by atoms with Crippen molar-refractivity contribution >= 4 is 17.8 Å². The van der Waals surface area contributed by atoms with Gasteiger partial charge in [-0.3, -0.25) is 4.79 Å². The van der Waals surface area contributed by atoms with Crippen molar-refractivity contribution in [3.05, 3.63) is 54.0 Å². The highest BCUT2D eigenvalue weighted by molar-refractivity contribution is 5.91. The number of nitrogens with zero attached hydrogens (tertiary/aromatic N) is 4. The van der Waals surface area contributed by atoms with Crippen molar-refractivity contribution in [3.63, 3.8) is 0 Å². The monoisotopic (exact) mass is 369 g/mol. The highest BCUT2D eigenvalue weighted by Crippen LogP contribution is 2.13. The van der Waals surface area contributed by atoms with Gasteiger partial charge in [0.2, 0.25) is 0 Å². The number of ether oxygens (including phenoxy) is 1. The fourth-order valence-electron chi connectivity index (χ4n) is 2.80. The van der Waals surface area contributed by atoms with E-state index < -0.39 is 0 Å². The summed E-state index contributed by atoms with van der Waals surface area (Å²) in [7, 11) is 0. The summed E-state index contributed by atoms with van der Waals surface area (Å²) >= 11 is 0. The number of nitrogens with one attached hydrogen (secondary N) is 1. The Bertz CT molecular complexity index is 759. The van der Waals surface area contributed by atoms with E-state index in [2.05, 4.69) is 15.3 Å². The first-order valence-corrected chi connectivity index (χ1v) is 8.98. The number of anilines is 1. The number of amides is 2. The average Bonchev–Trinajstić information content (AvgIpc) is 2.73. The quantitative estimate of drug-likeness (QED) is 0.863. The predicted octanol–water partition coefficient (Wildman–Crippen LogP) is 1.69. The second-order valence-corrected chi connectivity index (χ2v) is 6.10. The predicted molar refractivity (Wildman–Crippen MR) is 100 cm³/mol. The minimum Gasteiger partial charge on any atom is -0.450 e. The molecule has 142 valence electrons. The van der Waals surface area contributed by atoms with E-state index >= 15 is 0 Å². The lowest BCUT2D eigenvalue weighted by atomic mass is 10.2. The first kappa shape index (κ1) is 18.6. The van der Waals surface area contributed by atoms with Crippen LogP contribution in [0, 0.1) is 0 Å². The van der Waals surface area contributed by atoms with E-state index in [1.54, 1.807) is 18.0 Å². The van der Waals surface area contributed by atoms with E-state index in [1.807, 2.05) is 35.2 Å². The molecule has 27 heavy (non-hydrogen) atoms. The number of benzene rings is 1. The van der Waals surface area contributed by atoms with Gasteiger partial charge in [0, 0.05) is 32.7 Å². The number of carbonyl (C=O) groups excluding carboxylic acids is 2. The molecule has 0 saturated carbocycles. The minimum absolute atomic E-state index is 0.259. The van der Waals surface area contributed by atoms with Gasteiger partial charge in [-0.25, -0.2) is 14.8 Å². The summed E-state index contributed by atoms with van der Waals surface area (Å²) in [6.45, 7) is 5.04. The standard InChI is InChI=1S/C19H23N5O3/c1-2-27-19(26)24-10-8-23(9-11-24)17-14-20-16(13-21-17)18(25)22-12-15-6-4-3-5-7-15/h3-7,13-14H,2,8-12H2,1H3,(H,22,25). The van der Waals surface area contributed by atoms with E-state index in [1.165, 1.54) is 6.20 Å². The molecule has 0 aliphatic carbocycles. The van der Waals surface area contributed by atoms with Crippen LogP contribution in [-0.4, -0.2) is 59.7 Å². The maximum Gasteiger partial charge on any atom is 0.409 e. The van der Waals surface area contributed by atoms with E-state index in [0.717, 1.165) is 5.56 Å². The molecule has 2 aromatic rings. The number of carbonyl (C=O) groups is 2. The fourth-order valence-corrected chi connectivity index (χ4v) is 2.80. The van der Waals surface area contributed by atoms with E-state index in [0.29, 0.717) is 45.1 Å². The van der Waals surface area contributed by atoms with Gasteiger partial charge in [-0.05, 0) is 12.5 Å². The molecular weight excluding hydrogens is 346 g/mol. The van der Waals surface area contributed by atoms with Gasteiger partial charge < -0.3 is 19.9 Å². The number of hydrogen-bond acceptors (Lipinski definition) is 6. The Morgan fingerprint density at radius 1 is 1.07 bits per heavy atom. The minimum atomic E-state index is -0.284. The molecule has 0 atom stereocenters. The molecular formula is C19H23N5O3. The van der Waals surface area contributed by atoms with Gasteiger partial charge in [0.25, 0.3) is 5.91 Å². The molecule has 0 spiro atoms. The first-order chi connectivity index (χ1) is 13.2. The van der Waals surface area contributed by atoms with Crippen molar-refractivity contribution in [1.82, 2.24) is 20.2 Å². The molecule has 8 heteroatoms. The molecule has 1 aromatic heterocycles. The van der Waals surface area contributed by atoms with Gasteiger partial charge in [0.05, 0.1) is 19.0 Å². The molecule has 2 amide bonds. The average molecular weight is 369 g/mol. The summed E-state index contributed by atoms with van der Waals surface area (Å²) < 4.78 is 5.02. The summed E-state index contributed by atoms with van der Waals surface area (Å²) in [5.41, 5.74) is 1.30. The first-order valence-electron chi connectivity index (χ1n) is 8.98. The molecule has 1 aliphatic heterocycles. The second-order valence-electron chi connectivity index (χ2n) is 6.10. The zero-order chi connectivity index (χ0) is 19.1. The summed E-state index contributed by atoms with van der Waals surface area (Å²) in [6, 6.07) is 9.69. The molecule has 1 fully saturated rings. The molecule has 0 bridgehead atoms. The van der Waals surface area contributed by atoms with Crippen molar-refractivity contribution < 1.29 is 14.3 Å². The van der Waals surface area contributed by atoms with Crippen LogP contribution in [0.15, 0.2) is 42.7 Å². The summed E-state index contributed by atoms with van der Waals surface area (Å²) in [5.74, 6) is 0.433. The van der Waals surface area contributed by atoms with Crippen molar-refractivity contribution in [1.29, 1.82) is 0 Å². The van der Waals surface area contributed by atoms with Crippen LogP contribution >= 0.6 is 0 Å². The highest BCUT2D eigenvalue weighted by Gasteiger charge is 2.23. The van der Waals surface area contributed by atoms with Crippen LogP contribution in [0.25, 0.3) is 0 Å². The van der Waals surface area contributed by atoms with Gasteiger partial charge in [-0.15, -0.1) is 0 Å². The number of hydrogen-bond donors (Lipinski definition) is 1. The Balaban J connectivity index is 1.51. The molecule has 1 N–H and O–H groups in total. The lowest BCUT2D eigenvalue weighted by molar-refractivity contribution is 0.0944. The lowest BCUT2D eigenvalue weighted by Crippen LogP contribution is -2.49. The zero-order valence-electron chi connectivity index (χ0n) is 15.3. The Morgan fingerprint density at radius 2 is 1.81 bits per heavy atom. The van der Waals surface area contributed by atoms with Crippen molar-refractivity contribution in [3.8, 4) is 0 Å². The molecule has 0 unspecified atom stereocenters. The van der Waals surface area contributed by atoms with Crippen LogP contribution in [0.1, 0.15) is 23.0 Å². The summed E-state index contributed by atoms with van der Waals surface area (Å²) in [6.07, 6.45) is 2.79. The van der Waals surface area contributed by atoms with Crippen LogP contribution < -0.4 is 10.2 Å². The SMILES string of the molecule is CCOC(=O)N1CCN(c2cnc(C(=O)NCc3ccccc3)cn2)CC1. The van der Waals surface area contributed by atoms with Gasteiger partial charge in [0.1, 0.15) is 11.5 Å². The second kappa shape index (κ2) is 8.98. The fraction of sp³-hybridized carbons (Fsp3) is 0.368. The van der Waals surface area contributed by atoms with Crippen LogP contribution in [-0.2, 0) is 11.3 Å². The Morgan fingerprint density at radius 3 is 2.44 bits per heavy atom. The van der Waals surface area contributed by atoms with E-state index in [9.17, 15) is 9.59 Å². The van der Waals surface area contributed by atoms with Gasteiger partial charge in [0.15, 0.2) is 0 Å². The summed E-state index contributed by atoms with van der Waals surface area (Å²) in [5, 5.41) is 2.83. The molecule has 1 aromatic carbocycles. The van der Waals surface area contributed by atoms with Crippen molar-refractivity contribution in [2.75, 3.05) is 37.7 Å². The molecule has 1 aliphatic rings. The third-order valence-corrected chi connectivity index (χ3v) is 4.30. The third kappa shape index (κ3) is 4.93. The Labute approximate surface area is 158 Å². The normalized spacial score (nSPS) is 14.0. The van der Waals surface area contributed by atoms with Crippen LogP contribution in [0.5, 0.6) is 0 Å². The molecule has 0 radical (unpaired) electrons. The lowest BCUT2D eigenvalue weighted by Gasteiger charge is -2.34. The Kier molecular flexibility index (Phi) is 6.19. The molecule has 1 saturated heterocycles. The highest BCUT2D eigenvalue weighted by atomic mass is 16.6. The number of piperazine rings is 1. The number of aromatic nitrogens is 2. The van der Waals surface area contributed by atoms with Gasteiger partial charge in [-0.2, -0.15) is 0 Å². The molecule has 8 nitrogen and oxygen atoms in total. The summed E-state index contributed by atoms with van der Waals surface area (Å²) in [4.78, 5) is 36.2. The maximum atomic E-state index is 12.2. The maximum absolute atomic E-state index is 12.2. The van der Waals surface area contributed by atoms with Crippen LogP contribution in [0.3, 0.4) is 0 Å². The van der Waals surface area contributed by atoms with Crippen molar-refractivity contribution in [2.45, 2.75) is 13.5 Å². The van der Waals surface area contributed by atoms with Crippen molar-refractivity contribution in [2.24, 2.45) is 0 Å². The van der Waals surface area contributed by atoms with Gasteiger partial charge >= 0.3 is 6.09 Å². The third-order valence-electron chi connectivity index (χ3n) is 4.30. The van der Waals surface area contributed by atoms with Gasteiger partial charge in [-0.1, -0.05) is 30.3 Å². The molecule has 3 rings (SSSR count). The zero-order valence-corrected chi connectivity index (χ0v) is 15.3. The van der Waals surface area contributed by atoms with E-state index in [-0.39, 0.29) is 17.7 Å². The topological polar surface area (TPSA) is 87.7 Å². The largest absolute Gasteiger partial charge is 0.450 e. The smallest absolute Gasteiger partial charge is 0.409 e. The van der Waals surface area contributed by atoms with Crippen LogP contribution in [0.2, 0.25) is 0 Å².